The summed E-state index contributed by atoms with van der Waals surface area (Å²) in [5.74, 6) is -1.21. The Morgan fingerprint density at radius 2 is 2.00 bits per heavy atom. The number of rotatable bonds is 2. The Morgan fingerprint density at radius 3 is 2.50 bits per heavy atom. The summed E-state index contributed by atoms with van der Waals surface area (Å²) < 4.78 is 4.48. The van der Waals surface area contributed by atoms with Crippen LogP contribution in [0.25, 0.3) is 0 Å². The van der Waals surface area contributed by atoms with E-state index >= 15 is 0 Å². The summed E-state index contributed by atoms with van der Waals surface area (Å²) in [6.07, 6.45) is 0. The van der Waals surface area contributed by atoms with E-state index in [1.807, 2.05) is 0 Å². The fraction of sp³-hybridized carbons (Fsp3) is 0.200. The van der Waals surface area contributed by atoms with Crippen molar-refractivity contribution >= 4 is 11.8 Å². The molecule has 14 heavy (non-hydrogen) atoms. The molecule has 0 amide bonds. The maximum absolute atomic E-state index is 11.2. The highest BCUT2D eigenvalue weighted by Crippen LogP contribution is 2.21. The number of phenols is 1. The molecule has 0 spiro atoms. The Bertz CT molecular complexity index is 382. The lowest BCUT2D eigenvalue weighted by molar-refractivity contribution is 0.0596. The van der Waals surface area contributed by atoms with Crippen molar-refractivity contribution in [2.75, 3.05) is 7.11 Å². The molecule has 1 aromatic carbocycles. The molecule has 0 aliphatic rings. The van der Waals surface area contributed by atoms with Crippen LogP contribution in [0.2, 0.25) is 0 Å². The second-order valence-corrected chi connectivity index (χ2v) is 2.75. The number of hydrogen-bond donors (Lipinski definition) is 1. The third-order valence-electron chi connectivity index (χ3n) is 1.80. The van der Waals surface area contributed by atoms with E-state index in [9.17, 15) is 14.7 Å². The van der Waals surface area contributed by atoms with Crippen LogP contribution in [0, 0.1) is 0 Å². The number of carbonyl (C=O) groups excluding carboxylic acids is 2. The number of ether oxygens (including phenoxy) is 1. The average molecular weight is 194 g/mol. The van der Waals surface area contributed by atoms with Gasteiger partial charge in [-0.1, -0.05) is 6.07 Å². The number of Topliss-reactive ketones (excluding diaryl/α,β-unsaturated/α-hetero) is 1. The van der Waals surface area contributed by atoms with E-state index in [-0.39, 0.29) is 22.7 Å². The minimum atomic E-state index is -0.633. The van der Waals surface area contributed by atoms with Gasteiger partial charge in [-0.25, -0.2) is 4.79 Å². The van der Waals surface area contributed by atoms with Crippen LogP contribution in [0.5, 0.6) is 5.75 Å². The number of phenolic OH excluding ortho intramolecular Hbond substituents is 1. The molecular weight excluding hydrogens is 184 g/mol. The van der Waals surface area contributed by atoms with Crippen LogP contribution in [-0.2, 0) is 4.74 Å². The maximum Gasteiger partial charge on any atom is 0.338 e. The number of methoxy groups -OCH3 is 1. The Labute approximate surface area is 81.1 Å². The van der Waals surface area contributed by atoms with Gasteiger partial charge in [0.25, 0.3) is 0 Å². The fourth-order valence-corrected chi connectivity index (χ4v) is 1.19. The molecule has 0 heterocycles. The minimum absolute atomic E-state index is 0.000602. The van der Waals surface area contributed by atoms with Crippen LogP contribution in [0.15, 0.2) is 18.2 Å². The van der Waals surface area contributed by atoms with Gasteiger partial charge >= 0.3 is 5.97 Å². The van der Waals surface area contributed by atoms with E-state index in [0.717, 1.165) is 0 Å². The predicted octanol–water partition coefficient (Wildman–Crippen LogP) is 1.38. The molecule has 0 fully saturated rings. The third-order valence-corrected chi connectivity index (χ3v) is 1.80. The number of carbonyl (C=O) groups is 2. The molecule has 0 aliphatic heterocycles. The first-order valence-electron chi connectivity index (χ1n) is 3.99. The zero-order chi connectivity index (χ0) is 10.7. The summed E-state index contributed by atoms with van der Waals surface area (Å²) in [5, 5.41) is 9.38. The van der Waals surface area contributed by atoms with E-state index in [0.29, 0.717) is 0 Å². The highest BCUT2D eigenvalue weighted by molar-refractivity contribution is 6.07. The number of benzene rings is 1. The van der Waals surface area contributed by atoms with Gasteiger partial charge in [0.1, 0.15) is 5.75 Å². The van der Waals surface area contributed by atoms with E-state index in [2.05, 4.69) is 4.74 Å². The van der Waals surface area contributed by atoms with Crippen molar-refractivity contribution in [1.82, 2.24) is 0 Å². The number of hydrogen-bond acceptors (Lipinski definition) is 4. The van der Waals surface area contributed by atoms with Crippen LogP contribution >= 0.6 is 0 Å². The predicted molar refractivity (Wildman–Crippen MR) is 49.5 cm³/mol. The van der Waals surface area contributed by atoms with Gasteiger partial charge in [-0.2, -0.15) is 0 Å². The molecule has 1 N–H and O–H groups in total. The molecule has 0 aromatic heterocycles. The van der Waals surface area contributed by atoms with Crippen molar-refractivity contribution in [1.29, 1.82) is 0 Å². The van der Waals surface area contributed by atoms with Gasteiger partial charge in [0, 0.05) is 0 Å². The summed E-state index contributed by atoms with van der Waals surface area (Å²) in [5.41, 5.74) is 0.0827. The second-order valence-electron chi connectivity index (χ2n) is 2.75. The number of esters is 1. The van der Waals surface area contributed by atoms with E-state index in [4.69, 9.17) is 0 Å². The molecule has 0 saturated heterocycles. The smallest absolute Gasteiger partial charge is 0.338 e. The second kappa shape index (κ2) is 3.91. The van der Waals surface area contributed by atoms with Gasteiger partial charge in [-0.05, 0) is 19.1 Å². The van der Waals surface area contributed by atoms with Crippen LogP contribution in [-0.4, -0.2) is 24.0 Å². The van der Waals surface area contributed by atoms with Gasteiger partial charge in [-0.3, -0.25) is 4.79 Å². The lowest BCUT2D eigenvalue weighted by Crippen LogP contribution is -2.08. The molecule has 0 unspecified atom stereocenters. The molecular formula is C10H10O4. The van der Waals surface area contributed by atoms with Crippen LogP contribution in [0.4, 0.5) is 0 Å². The summed E-state index contributed by atoms with van der Waals surface area (Å²) in [7, 11) is 1.22. The van der Waals surface area contributed by atoms with Gasteiger partial charge in [-0.15, -0.1) is 0 Å². The maximum atomic E-state index is 11.2. The Balaban J connectivity index is 3.35. The molecule has 0 atom stereocenters. The molecule has 4 heteroatoms. The SMILES string of the molecule is COC(=O)c1cccc(O)c1C(C)=O. The van der Waals surface area contributed by atoms with E-state index in [1.165, 1.54) is 32.2 Å². The first-order chi connectivity index (χ1) is 6.57. The van der Waals surface area contributed by atoms with Crippen molar-refractivity contribution in [3.63, 3.8) is 0 Å². The van der Waals surface area contributed by atoms with Gasteiger partial charge < -0.3 is 9.84 Å². The first-order valence-corrected chi connectivity index (χ1v) is 3.99. The van der Waals surface area contributed by atoms with Crippen molar-refractivity contribution < 1.29 is 19.4 Å². The lowest BCUT2D eigenvalue weighted by atomic mass is 10.0. The summed E-state index contributed by atoms with van der Waals surface area (Å²) in [6.45, 7) is 1.28. The molecule has 0 radical (unpaired) electrons. The standard InChI is InChI=1S/C10H10O4/c1-6(11)9-7(10(13)14-2)4-3-5-8(9)12/h3-5,12H,1-2H3. The summed E-state index contributed by atoms with van der Waals surface area (Å²) in [4.78, 5) is 22.3. The van der Waals surface area contributed by atoms with E-state index in [1.54, 1.807) is 0 Å². The molecule has 0 bridgehead atoms. The lowest BCUT2D eigenvalue weighted by Gasteiger charge is -2.06. The quantitative estimate of drug-likeness (QED) is 0.570. The Hall–Kier alpha value is -1.84. The van der Waals surface area contributed by atoms with Crippen molar-refractivity contribution in [2.45, 2.75) is 6.92 Å². The highest BCUT2D eigenvalue weighted by atomic mass is 16.5. The van der Waals surface area contributed by atoms with Gasteiger partial charge in [0.2, 0.25) is 0 Å². The molecule has 1 aromatic rings. The number of aromatic hydroxyl groups is 1. The van der Waals surface area contributed by atoms with Gasteiger partial charge in [0.05, 0.1) is 18.2 Å². The first kappa shape index (κ1) is 10.2. The Morgan fingerprint density at radius 1 is 1.36 bits per heavy atom. The largest absolute Gasteiger partial charge is 0.507 e. The van der Waals surface area contributed by atoms with Crippen molar-refractivity contribution in [3.05, 3.63) is 29.3 Å². The third kappa shape index (κ3) is 1.74. The Kier molecular flexibility index (Phi) is 2.86. The molecule has 4 nitrogen and oxygen atoms in total. The normalized spacial score (nSPS) is 9.57. The zero-order valence-corrected chi connectivity index (χ0v) is 7.90. The summed E-state index contributed by atoms with van der Waals surface area (Å²) in [6, 6.07) is 4.26. The zero-order valence-electron chi connectivity index (χ0n) is 7.90. The minimum Gasteiger partial charge on any atom is -0.507 e. The summed E-state index contributed by atoms with van der Waals surface area (Å²) >= 11 is 0. The molecule has 1 rings (SSSR count). The average Bonchev–Trinajstić information content (AvgIpc) is 2.15. The van der Waals surface area contributed by atoms with Crippen LogP contribution in [0.1, 0.15) is 27.6 Å². The van der Waals surface area contributed by atoms with Gasteiger partial charge in [0.15, 0.2) is 5.78 Å². The van der Waals surface area contributed by atoms with Crippen molar-refractivity contribution in [3.8, 4) is 5.75 Å². The topological polar surface area (TPSA) is 63.6 Å². The van der Waals surface area contributed by atoms with Crippen LogP contribution in [0.3, 0.4) is 0 Å². The van der Waals surface area contributed by atoms with Crippen LogP contribution < -0.4 is 0 Å². The highest BCUT2D eigenvalue weighted by Gasteiger charge is 2.17. The monoisotopic (exact) mass is 194 g/mol. The van der Waals surface area contributed by atoms with E-state index < -0.39 is 5.97 Å². The fourth-order valence-electron chi connectivity index (χ4n) is 1.19. The molecule has 74 valence electrons. The van der Waals surface area contributed by atoms with Crippen molar-refractivity contribution in [2.24, 2.45) is 0 Å². The number of ketones is 1. The molecule has 0 aliphatic carbocycles. The molecule has 0 saturated carbocycles.